The Bertz CT molecular complexity index is 390. The normalized spacial score (nSPS) is 19.9. The van der Waals surface area contributed by atoms with Crippen LogP contribution in [0.4, 0.5) is 0 Å². The van der Waals surface area contributed by atoms with Gasteiger partial charge in [-0.15, -0.1) is 0 Å². The van der Waals surface area contributed by atoms with E-state index in [0.717, 1.165) is 17.9 Å². The van der Waals surface area contributed by atoms with Gasteiger partial charge in [-0.25, -0.2) is 0 Å². The molecule has 0 amide bonds. The van der Waals surface area contributed by atoms with Crippen molar-refractivity contribution in [3.05, 3.63) is 34.3 Å². The number of benzene rings is 1. The van der Waals surface area contributed by atoms with Crippen molar-refractivity contribution in [3.63, 3.8) is 0 Å². The van der Waals surface area contributed by atoms with Crippen LogP contribution in [-0.2, 0) is 6.42 Å². The second-order valence-corrected chi connectivity index (χ2v) is 5.49. The van der Waals surface area contributed by atoms with Crippen molar-refractivity contribution in [2.24, 2.45) is 0 Å². The molecule has 1 aromatic rings. The molecule has 1 aromatic carbocycles. The van der Waals surface area contributed by atoms with Crippen molar-refractivity contribution in [2.45, 2.75) is 38.3 Å². The summed E-state index contributed by atoms with van der Waals surface area (Å²) >= 11 is 6.16. The lowest BCUT2D eigenvalue weighted by atomic mass is 10.0. The van der Waals surface area contributed by atoms with Gasteiger partial charge >= 0.3 is 0 Å². The van der Waals surface area contributed by atoms with E-state index < -0.39 is 0 Å². The van der Waals surface area contributed by atoms with Crippen molar-refractivity contribution >= 4 is 11.6 Å². The van der Waals surface area contributed by atoms with Crippen molar-refractivity contribution < 1.29 is 5.11 Å². The monoisotopic (exact) mass is 239 g/mol. The summed E-state index contributed by atoms with van der Waals surface area (Å²) in [5.74, 6) is 0. The highest BCUT2D eigenvalue weighted by Gasteiger charge is 2.28. The third-order valence-corrected chi connectivity index (χ3v) is 3.53. The fourth-order valence-electron chi connectivity index (χ4n) is 2.28. The summed E-state index contributed by atoms with van der Waals surface area (Å²) in [7, 11) is 0. The number of rotatable bonds is 3. The Morgan fingerprint density at radius 2 is 2.25 bits per heavy atom. The van der Waals surface area contributed by atoms with E-state index in [9.17, 15) is 5.11 Å². The largest absolute Gasteiger partial charge is 0.394 e. The van der Waals surface area contributed by atoms with Crippen molar-refractivity contribution in [2.75, 3.05) is 6.61 Å². The fraction of sp³-hybridized carbons (Fsp3) is 0.538. The van der Waals surface area contributed by atoms with Crippen LogP contribution in [-0.4, -0.2) is 17.3 Å². The molecular formula is C13H18ClNO. The average molecular weight is 240 g/mol. The first-order chi connectivity index (χ1) is 7.53. The van der Waals surface area contributed by atoms with Gasteiger partial charge in [0, 0.05) is 16.6 Å². The van der Waals surface area contributed by atoms with E-state index >= 15 is 0 Å². The zero-order valence-electron chi connectivity index (χ0n) is 9.76. The Hall–Kier alpha value is -0.570. The van der Waals surface area contributed by atoms with Gasteiger partial charge in [-0.2, -0.15) is 0 Å². The standard InChI is InChI=1S/C13H18ClNO/c1-13(2,8-16)15-12-7-6-9-10(12)4-3-5-11(9)14/h3-5,12,15-16H,6-8H2,1-2H3. The molecule has 2 N–H and O–H groups in total. The van der Waals surface area contributed by atoms with Gasteiger partial charge in [0.05, 0.1) is 6.61 Å². The van der Waals surface area contributed by atoms with E-state index in [-0.39, 0.29) is 12.1 Å². The highest BCUT2D eigenvalue weighted by atomic mass is 35.5. The topological polar surface area (TPSA) is 32.3 Å². The van der Waals surface area contributed by atoms with Gasteiger partial charge in [0.25, 0.3) is 0 Å². The third kappa shape index (κ3) is 2.24. The van der Waals surface area contributed by atoms with Crippen LogP contribution in [0.3, 0.4) is 0 Å². The van der Waals surface area contributed by atoms with Crippen LogP contribution in [0.2, 0.25) is 5.02 Å². The van der Waals surface area contributed by atoms with Crippen LogP contribution < -0.4 is 5.32 Å². The lowest BCUT2D eigenvalue weighted by Gasteiger charge is -2.28. The number of fused-ring (bicyclic) bond motifs is 1. The maximum atomic E-state index is 9.27. The highest BCUT2D eigenvalue weighted by molar-refractivity contribution is 6.31. The molecule has 0 aromatic heterocycles. The quantitative estimate of drug-likeness (QED) is 0.850. The first-order valence-electron chi connectivity index (χ1n) is 5.69. The zero-order chi connectivity index (χ0) is 11.8. The molecule has 0 heterocycles. The molecule has 16 heavy (non-hydrogen) atoms. The van der Waals surface area contributed by atoms with Crippen molar-refractivity contribution in [1.82, 2.24) is 5.32 Å². The van der Waals surface area contributed by atoms with Gasteiger partial charge in [0.2, 0.25) is 0 Å². The summed E-state index contributed by atoms with van der Waals surface area (Å²) in [6.07, 6.45) is 2.08. The summed E-state index contributed by atoms with van der Waals surface area (Å²) in [6.45, 7) is 4.16. The highest BCUT2D eigenvalue weighted by Crippen LogP contribution is 2.36. The summed E-state index contributed by atoms with van der Waals surface area (Å²) in [5.41, 5.74) is 2.30. The molecule has 1 aliphatic carbocycles. The van der Waals surface area contributed by atoms with Gasteiger partial charge in [-0.1, -0.05) is 23.7 Å². The minimum absolute atomic E-state index is 0.138. The molecule has 0 saturated heterocycles. The first kappa shape index (κ1) is 11.9. The molecule has 2 nitrogen and oxygen atoms in total. The van der Waals surface area contributed by atoms with Gasteiger partial charge in [-0.3, -0.25) is 0 Å². The minimum Gasteiger partial charge on any atom is -0.394 e. The molecule has 88 valence electrons. The van der Waals surface area contributed by atoms with Crippen molar-refractivity contribution in [3.8, 4) is 0 Å². The maximum Gasteiger partial charge on any atom is 0.0608 e. The van der Waals surface area contributed by atoms with E-state index in [1.54, 1.807) is 0 Å². The van der Waals surface area contributed by atoms with Crippen LogP contribution in [0.1, 0.15) is 37.4 Å². The number of aliphatic hydroxyl groups is 1. The molecule has 3 heteroatoms. The second-order valence-electron chi connectivity index (χ2n) is 5.09. The molecule has 0 bridgehead atoms. The molecule has 1 unspecified atom stereocenters. The Kier molecular flexibility index (Phi) is 3.24. The summed E-state index contributed by atoms with van der Waals surface area (Å²) < 4.78 is 0. The number of halogens is 1. The number of hydrogen-bond acceptors (Lipinski definition) is 2. The van der Waals surface area contributed by atoms with E-state index in [1.807, 2.05) is 26.0 Å². The van der Waals surface area contributed by atoms with Gasteiger partial charge in [-0.05, 0) is 43.9 Å². The van der Waals surface area contributed by atoms with Gasteiger partial charge in [0.1, 0.15) is 0 Å². The van der Waals surface area contributed by atoms with E-state index in [1.165, 1.54) is 11.1 Å². The fourth-order valence-corrected chi connectivity index (χ4v) is 2.55. The maximum absolute atomic E-state index is 9.27. The zero-order valence-corrected chi connectivity index (χ0v) is 10.5. The van der Waals surface area contributed by atoms with E-state index in [2.05, 4.69) is 11.4 Å². The number of hydrogen-bond donors (Lipinski definition) is 2. The number of aliphatic hydroxyl groups excluding tert-OH is 1. The molecule has 2 rings (SSSR count). The third-order valence-electron chi connectivity index (χ3n) is 3.17. The molecule has 0 aliphatic heterocycles. The Morgan fingerprint density at radius 1 is 1.50 bits per heavy atom. The van der Waals surface area contributed by atoms with Gasteiger partial charge < -0.3 is 10.4 Å². The molecular weight excluding hydrogens is 222 g/mol. The van der Waals surface area contributed by atoms with E-state index in [4.69, 9.17) is 11.6 Å². The van der Waals surface area contributed by atoms with Crippen molar-refractivity contribution in [1.29, 1.82) is 0 Å². The Labute approximate surface area is 102 Å². The minimum atomic E-state index is -0.241. The Balaban J connectivity index is 2.21. The Morgan fingerprint density at radius 3 is 2.94 bits per heavy atom. The lowest BCUT2D eigenvalue weighted by Crippen LogP contribution is -2.44. The lowest BCUT2D eigenvalue weighted by molar-refractivity contribution is 0.175. The second kappa shape index (κ2) is 4.36. The number of nitrogens with one attached hydrogen (secondary N) is 1. The van der Waals surface area contributed by atoms with E-state index in [0.29, 0.717) is 6.04 Å². The van der Waals surface area contributed by atoms with Crippen LogP contribution in [0.25, 0.3) is 0 Å². The molecule has 1 atom stereocenters. The summed E-state index contributed by atoms with van der Waals surface area (Å²) in [6, 6.07) is 6.38. The van der Waals surface area contributed by atoms with Crippen LogP contribution >= 0.6 is 11.6 Å². The smallest absolute Gasteiger partial charge is 0.0608 e. The predicted octanol–water partition coefficient (Wildman–Crippen LogP) is 2.69. The molecule has 0 spiro atoms. The average Bonchev–Trinajstić information content (AvgIpc) is 2.63. The van der Waals surface area contributed by atoms with Gasteiger partial charge in [0.15, 0.2) is 0 Å². The van der Waals surface area contributed by atoms with Crippen LogP contribution in [0.5, 0.6) is 0 Å². The molecule has 0 fully saturated rings. The van der Waals surface area contributed by atoms with Crippen LogP contribution in [0, 0.1) is 0 Å². The van der Waals surface area contributed by atoms with Crippen LogP contribution in [0.15, 0.2) is 18.2 Å². The molecule has 0 radical (unpaired) electrons. The summed E-state index contributed by atoms with van der Waals surface area (Å²) in [4.78, 5) is 0. The predicted molar refractivity (Wildman–Crippen MR) is 66.8 cm³/mol. The molecule has 1 aliphatic rings. The summed E-state index contributed by atoms with van der Waals surface area (Å²) in [5, 5.41) is 13.6. The SMILES string of the molecule is CC(C)(CO)NC1CCc2c(Cl)cccc21. The first-order valence-corrected chi connectivity index (χ1v) is 6.07. The molecule has 0 saturated carbocycles.